The van der Waals surface area contributed by atoms with Crippen LogP contribution in [0.1, 0.15) is 176 Å². The van der Waals surface area contributed by atoms with E-state index in [1.165, 1.54) is 64.2 Å². The smallest absolute Gasteiger partial charge is 0.744 e. The van der Waals surface area contributed by atoms with Crippen LogP contribution in [-0.2, 0) is 19.6 Å². The Kier molecular flexibility index (Phi) is 30.6. The number of hydrogen-bond acceptors (Lipinski definition) is 7. The molecular weight excluding hydrogens is 640 g/mol. The predicted molar refractivity (Wildman–Crippen MR) is 186 cm³/mol. The molecule has 0 atom stereocenters. The summed E-state index contributed by atoms with van der Waals surface area (Å²) in [4.78, 5) is 25.0. The van der Waals surface area contributed by atoms with E-state index in [2.05, 4.69) is 38.2 Å². The molecule has 0 fully saturated rings. The van der Waals surface area contributed by atoms with Crippen molar-refractivity contribution in [2.45, 2.75) is 160 Å². The molecule has 0 saturated carbocycles. The Balaban J connectivity index is 0.0000212. The van der Waals surface area contributed by atoms with Gasteiger partial charge in [-0.25, -0.2) is 18.0 Å². The van der Waals surface area contributed by atoms with Crippen LogP contribution in [-0.4, -0.2) is 38.1 Å². The van der Waals surface area contributed by atoms with Crippen LogP contribution in [0.15, 0.2) is 47.4 Å². The average molecular weight is 701 g/mol. The molecule has 1 aromatic carbocycles. The number of carbonyl (C=O) groups excluding carboxylic acids is 2. The van der Waals surface area contributed by atoms with Gasteiger partial charge in [0.15, 0.2) is 0 Å². The molecule has 1 aromatic rings. The number of allylic oxidation sites excluding steroid dienone is 4. The summed E-state index contributed by atoms with van der Waals surface area (Å²) in [6.45, 7) is 4.78. The Labute approximate surface area is 329 Å². The molecule has 0 unspecified atom stereocenters. The van der Waals surface area contributed by atoms with Crippen LogP contribution in [0.3, 0.4) is 0 Å². The molecule has 0 aromatic heterocycles. The van der Waals surface area contributed by atoms with Gasteiger partial charge in [-0.2, -0.15) is 0 Å². The molecule has 1 rings (SSSR count). The number of hydrogen-bond donors (Lipinski definition) is 0. The first-order valence-corrected chi connectivity index (χ1v) is 19.5. The zero-order valence-corrected chi connectivity index (χ0v) is 33.7. The number of ether oxygens (including phenoxy) is 2. The molecule has 262 valence electrons. The molecule has 0 aliphatic rings. The summed E-state index contributed by atoms with van der Waals surface area (Å²) in [5, 5.41) is 0. The molecule has 0 spiro atoms. The van der Waals surface area contributed by atoms with Crippen molar-refractivity contribution in [1.29, 1.82) is 0 Å². The number of carbonyl (C=O) groups is 2. The molecule has 0 saturated heterocycles. The van der Waals surface area contributed by atoms with Gasteiger partial charge in [-0.1, -0.05) is 115 Å². The summed E-state index contributed by atoms with van der Waals surface area (Å²) in [5.74, 6) is -1.58. The molecule has 0 N–H and O–H groups in total. The van der Waals surface area contributed by atoms with Gasteiger partial charge < -0.3 is 14.0 Å². The van der Waals surface area contributed by atoms with Gasteiger partial charge in [0, 0.05) is 0 Å². The van der Waals surface area contributed by atoms with Crippen molar-refractivity contribution in [3.8, 4) is 0 Å². The number of esters is 2. The van der Waals surface area contributed by atoms with Crippen LogP contribution < -0.4 is 51.4 Å². The monoisotopic (exact) mass is 700 g/mol. The van der Waals surface area contributed by atoms with Crippen molar-refractivity contribution in [1.82, 2.24) is 0 Å². The summed E-state index contributed by atoms with van der Waals surface area (Å²) in [6.07, 6.45) is 33.7. The molecule has 0 bridgehead atoms. The van der Waals surface area contributed by atoms with Gasteiger partial charge in [0.1, 0.15) is 10.1 Å². The van der Waals surface area contributed by atoms with Crippen LogP contribution in [0.25, 0.3) is 0 Å². The first-order valence-electron chi connectivity index (χ1n) is 18.0. The van der Waals surface area contributed by atoms with Crippen LogP contribution in [0.2, 0.25) is 0 Å². The van der Waals surface area contributed by atoms with Crippen molar-refractivity contribution in [3.05, 3.63) is 53.6 Å². The summed E-state index contributed by atoms with van der Waals surface area (Å²) >= 11 is 0. The fraction of sp³-hybridized carbons (Fsp3) is 0.684. The fourth-order valence-corrected chi connectivity index (χ4v) is 5.65. The quantitative estimate of drug-likeness (QED) is 0.0278. The third kappa shape index (κ3) is 24.9. The Morgan fingerprint density at radius 2 is 0.936 bits per heavy atom. The molecule has 0 aliphatic carbocycles. The van der Waals surface area contributed by atoms with Gasteiger partial charge in [0.05, 0.1) is 29.2 Å². The standard InChI is InChI=1S/C38H62O7S.K/c1-3-5-7-9-11-13-15-17-19-21-23-25-27-31-44-37(39)35-30-29-34(46(41,42)43)33-36(35)38(40)45-32-28-26-24-22-20-18-16-14-12-10-8-6-4-2;/h15-18,29-30,33H,3-14,19-28,31-32H2,1-2H3,(H,41,42,43);/q;+1/p-1/b17-15+,18-16+;. The Morgan fingerprint density at radius 1 is 0.574 bits per heavy atom. The van der Waals surface area contributed by atoms with E-state index in [-0.39, 0.29) is 75.7 Å². The third-order valence-corrected chi connectivity index (χ3v) is 8.83. The minimum atomic E-state index is -4.81. The Morgan fingerprint density at radius 3 is 1.32 bits per heavy atom. The van der Waals surface area contributed by atoms with Crippen molar-refractivity contribution in [2.24, 2.45) is 0 Å². The summed E-state index contributed by atoms with van der Waals surface area (Å²) in [6, 6.07) is 3.09. The fourth-order valence-electron chi connectivity index (χ4n) is 5.15. The van der Waals surface area contributed by atoms with Crippen LogP contribution >= 0.6 is 0 Å². The summed E-state index contributed by atoms with van der Waals surface area (Å²) in [7, 11) is -4.81. The van der Waals surface area contributed by atoms with Gasteiger partial charge >= 0.3 is 63.3 Å². The maximum absolute atomic E-state index is 12.8. The summed E-state index contributed by atoms with van der Waals surface area (Å²) < 4.78 is 45.4. The van der Waals surface area contributed by atoms with Gasteiger partial charge in [0.2, 0.25) is 0 Å². The van der Waals surface area contributed by atoms with Crippen LogP contribution in [0.5, 0.6) is 0 Å². The normalized spacial score (nSPS) is 11.6. The van der Waals surface area contributed by atoms with E-state index < -0.39 is 27.0 Å². The minimum absolute atomic E-state index is 0. The van der Waals surface area contributed by atoms with Crippen LogP contribution in [0.4, 0.5) is 0 Å². The maximum Gasteiger partial charge on any atom is 1.00 e. The first kappa shape index (κ1) is 46.2. The average Bonchev–Trinajstić information content (AvgIpc) is 3.04. The number of benzene rings is 1. The molecule has 0 heterocycles. The molecule has 47 heavy (non-hydrogen) atoms. The van der Waals surface area contributed by atoms with Crippen molar-refractivity contribution >= 4 is 22.1 Å². The largest absolute Gasteiger partial charge is 1.00 e. The van der Waals surface area contributed by atoms with Crippen LogP contribution in [0, 0.1) is 0 Å². The van der Waals surface area contributed by atoms with Crippen molar-refractivity contribution < 1.29 is 83.4 Å². The predicted octanol–water partition coefficient (Wildman–Crippen LogP) is 7.64. The van der Waals surface area contributed by atoms with Crippen molar-refractivity contribution in [3.63, 3.8) is 0 Å². The molecule has 0 radical (unpaired) electrons. The molecule has 7 nitrogen and oxygen atoms in total. The zero-order valence-electron chi connectivity index (χ0n) is 29.8. The minimum Gasteiger partial charge on any atom is -0.744 e. The molecular formula is C38H61KO7S. The van der Waals surface area contributed by atoms with E-state index in [1.807, 2.05) is 0 Å². The van der Waals surface area contributed by atoms with E-state index in [1.54, 1.807) is 0 Å². The zero-order chi connectivity index (χ0) is 33.7. The molecule has 0 amide bonds. The summed E-state index contributed by atoms with van der Waals surface area (Å²) in [5.41, 5.74) is -0.367. The topological polar surface area (TPSA) is 110 Å². The molecule has 9 heteroatoms. The third-order valence-electron chi connectivity index (χ3n) is 8.00. The van der Waals surface area contributed by atoms with Gasteiger partial charge in [-0.3, -0.25) is 0 Å². The van der Waals surface area contributed by atoms with E-state index in [9.17, 15) is 22.6 Å². The van der Waals surface area contributed by atoms with E-state index in [0.717, 1.165) is 82.4 Å². The second-order valence-corrected chi connectivity index (χ2v) is 13.6. The SMILES string of the molecule is CCCCCCC/C=C/CCCCCCOC(=O)c1ccc(S(=O)(=O)[O-])cc1C(=O)OCCCCCC/C=C/CCCCCCC.[K+]. The number of rotatable bonds is 29. The Bertz CT molecular complexity index is 1120. The van der Waals surface area contributed by atoms with Gasteiger partial charge in [-0.15, -0.1) is 0 Å². The van der Waals surface area contributed by atoms with Crippen molar-refractivity contribution in [2.75, 3.05) is 13.2 Å². The second kappa shape index (κ2) is 31.2. The van der Waals surface area contributed by atoms with E-state index in [0.29, 0.717) is 12.8 Å². The first-order chi connectivity index (χ1) is 22.3. The van der Waals surface area contributed by atoms with Gasteiger partial charge in [-0.05, 0) is 82.4 Å². The second-order valence-electron chi connectivity index (χ2n) is 12.2. The Hall–Kier alpha value is -0.814. The molecule has 0 aliphatic heterocycles. The van der Waals surface area contributed by atoms with E-state index in [4.69, 9.17) is 9.47 Å². The van der Waals surface area contributed by atoms with E-state index >= 15 is 0 Å². The van der Waals surface area contributed by atoms with Gasteiger partial charge in [0.25, 0.3) is 0 Å². The number of unbranched alkanes of at least 4 members (excludes halogenated alkanes) is 18. The maximum atomic E-state index is 12.8.